The molecule has 1 aromatic carbocycles. The fourth-order valence-electron chi connectivity index (χ4n) is 1.19. The third-order valence-electron chi connectivity index (χ3n) is 1.89. The third kappa shape index (κ3) is 2.84. The summed E-state index contributed by atoms with van der Waals surface area (Å²) in [7, 11) is 1.29. The second-order valence-corrected chi connectivity index (χ2v) is 2.86. The molecular formula is C9H10F3NO2. The van der Waals surface area contributed by atoms with Crippen molar-refractivity contribution in [3.8, 4) is 5.75 Å². The van der Waals surface area contributed by atoms with Gasteiger partial charge in [-0.25, -0.2) is 5.48 Å². The van der Waals surface area contributed by atoms with E-state index in [2.05, 4.69) is 0 Å². The summed E-state index contributed by atoms with van der Waals surface area (Å²) in [6.45, 7) is -0.265. The van der Waals surface area contributed by atoms with Crippen LogP contribution in [0.5, 0.6) is 5.75 Å². The van der Waals surface area contributed by atoms with Gasteiger partial charge >= 0.3 is 6.18 Å². The molecule has 0 unspecified atom stereocenters. The summed E-state index contributed by atoms with van der Waals surface area (Å²) in [5, 5.41) is 8.39. The molecule has 3 nitrogen and oxygen atoms in total. The van der Waals surface area contributed by atoms with Crippen LogP contribution < -0.4 is 10.2 Å². The average Bonchev–Trinajstić information content (AvgIpc) is 2.17. The van der Waals surface area contributed by atoms with Gasteiger partial charge in [0, 0.05) is 6.54 Å². The number of hydrogen-bond donors (Lipinski definition) is 2. The van der Waals surface area contributed by atoms with Crippen LogP contribution >= 0.6 is 0 Å². The summed E-state index contributed by atoms with van der Waals surface area (Å²) in [6, 6.07) is 3.56. The highest BCUT2D eigenvalue weighted by Gasteiger charge is 2.33. The predicted octanol–water partition coefficient (Wildman–Crippen LogP) is 2.19. The predicted molar refractivity (Wildman–Crippen MR) is 46.6 cm³/mol. The first-order chi connectivity index (χ1) is 6.99. The SMILES string of the molecule is COc1ccc(CNO)c(C(F)(F)F)c1. The molecule has 0 amide bonds. The molecule has 0 radical (unpaired) electrons. The monoisotopic (exact) mass is 221 g/mol. The number of benzene rings is 1. The van der Waals surface area contributed by atoms with Crippen molar-refractivity contribution in [2.45, 2.75) is 12.7 Å². The van der Waals surface area contributed by atoms with E-state index in [9.17, 15) is 13.2 Å². The van der Waals surface area contributed by atoms with Gasteiger partial charge in [-0.3, -0.25) is 0 Å². The molecule has 1 aromatic rings. The minimum Gasteiger partial charge on any atom is -0.497 e. The summed E-state index contributed by atoms with van der Waals surface area (Å²) in [6.07, 6.45) is -4.46. The first kappa shape index (κ1) is 11.8. The Morgan fingerprint density at radius 1 is 1.40 bits per heavy atom. The zero-order valence-electron chi connectivity index (χ0n) is 7.93. The molecule has 0 spiro atoms. The van der Waals surface area contributed by atoms with E-state index in [0.29, 0.717) is 0 Å². The van der Waals surface area contributed by atoms with E-state index < -0.39 is 11.7 Å². The van der Waals surface area contributed by atoms with E-state index >= 15 is 0 Å². The van der Waals surface area contributed by atoms with Crippen LogP contribution in [0.4, 0.5) is 13.2 Å². The van der Waals surface area contributed by atoms with Crippen LogP contribution in [0.1, 0.15) is 11.1 Å². The number of hydrogen-bond acceptors (Lipinski definition) is 3. The molecule has 6 heteroatoms. The molecular weight excluding hydrogens is 211 g/mol. The van der Waals surface area contributed by atoms with Crippen molar-refractivity contribution >= 4 is 0 Å². The molecule has 0 aromatic heterocycles. The Morgan fingerprint density at radius 2 is 2.07 bits per heavy atom. The molecule has 0 aliphatic carbocycles. The first-order valence-corrected chi connectivity index (χ1v) is 4.10. The summed E-state index contributed by atoms with van der Waals surface area (Å²) < 4.78 is 42.3. The second kappa shape index (κ2) is 4.50. The Bertz CT molecular complexity index is 339. The van der Waals surface area contributed by atoms with Gasteiger partial charge in [-0.05, 0) is 17.7 Å². The number of halogens is 3. The van der Waals surface area contributed by atoms with Gasteiger partial charge in [0.1, 0.15) is 5.75 Å². The number of alkyl halides is 3. The summed E-state index contributed by atoms with van der Waals surface area (Å²) in [5.41, 5.74) is 0.841. The van der Waals surface area contributed by atoms with Crippen molar-refractivity contribution < 1.29 is 23.1 Å². The van der Waals surface area contributed by atoms with Crippen molar-refractivity contribution in [1.29, 1.82) is 0 Å². The summed E-state index contributed by atoms with van der Waals surface area (Å²) >= 11 is 0. The molecule has 0 heterocycles. The maximum absolute atomic E-state index is 12.5. The lowest BCUT2D eigenvalue weighted by atomic mass is 10.1. The van der Waals surface area contributed by atoms with Gasteiger partial charge in [0.2, 0.25) is 0 Å². The van der Waals surface area contributed by atoms with Gasteiger partial charge in [-0.15, -0.1) is 0 Å². The molecule has 0 bridgehead atoms. The maximum Gasteiger partial charge on any atom is 0.416 e. The van der Waals surface area contributed by atoms with E-state index in [1.165, 1.54) is 19.2 Å². The van der Waals surface area contributed by atoms with Gasteiger partial charge in [0.25, 0.3) is 0 Å². The summed E-state index contributed by atoms with van der Waals surface area (Å²) in [5.74, 6) is 0.129. The number of ether oxygens (including phenoxy) is 1. The van der Waals surface area contributed by atoms with Gasteiger partial charge in [-0.1, -0.05) is 6.07 Å². The molecule has 1 rings (SSSR count). The van der Waals surface area contributed by atoms with E-state index in [1.807, 2.05) is 0 Å². The van der Waals surface area contributed by atoms with E-state index in [4.69, 9.17) is 9.94 Å². The molecule has 2 N–H and O–H groups in total. The van der Waals surface area contributed by atoms with Gasteiger partial charge < -0.3 is 9.94 Å². The van der Waals surface area contributed by atoms with Gasteiger partial charge in [-0.2, -0.15) is 13.2 Å². The Hall–Kier alpha value is -1.27. The zero-order valence-corrected chi connectivity index (χ0v) is 7.93. The highest BCUT2D eigenvalue weighted by molar-refractivity contribution is 5.37. The Kier molecular flexibility index (Phi) is 3.54. The van der Waals surface area contributed by atoms with Crippen LogP contribution in [0.2, 0.25) is 0 Å². The van der Waals surface area contributed by atoms with E-state index in [1.54, 1.807) is 5.48 Å². The molecule has 15 heavy (non-hydrogen) atoms. The van der Waals surface area contributed by atoms with Crippen LogP contribution in [0, 0.1) is 0 Å². The standard InChI is InChI=1S/C9H10F3NO2/c1-15-7-3-2-6(5-13-14)8(4-7)9(10,11)12/h2-4,13-14H,5H2,1H3. The van der Waals surface area contributed by atoms with Crippen LogP contribution in [-0.2, 0) is 12.7 Å². The van der Waals surface area contributed by atoms with E-state index in [0.717, 1.165) is 6.07 Å². The minimum absolute atomic E-state index is 0.0363. The largest absolute Gasteiger partial charge is 0.497 e. The number of hydroxylamine groups is 1. The zero-order chi connectivity index (χ0) is 11.5. The lowest BCUT2D eigenvalue weighted by Crippen LogP contribution is -2.14. The molecule has 0 saturated carbocycles. The topological polar surface area (TPSA) is 41.5 Å². The van der Waals surface area contributed by atoms with Crippen LogP contribution in [0.15, 0.2) is 18.2 Å². The fraction of sp³-hybridized carbons (Fsp3) is 0.333. The number of nitrogens with one attached hydrogen (secondary N) is 1. The van der Waals surface area contributed by atoms with Crippen molar-refractivity contribution in [1.82, 2.24) is 5.48 Å². The molecule has 0 atom stereocenters. The fourth-order valence-corrected chi connectivity index (χ4v) is 1.19. The van der Waals surface area contributed by atoms with Crippen molar-refractivity contribution in [2.75, 3.05) is 7.11 Å². The van der Waals surface area contributed by atoms with Gasteiger partial charge in [0.15, 0.2) is 0 Å². The first-order valence-electron chi connectivity index (χ1n) is 4.10. The average molecular weight is 221 g/mol. The Balaban J connectivity index is 3.16. The van der Waals surface area contributed by atoms with Gasteiger partial charge in [0.05, 0.1) is 12.7 Å². The minimum atomic E-state index is -4.46. The normalized spacial score (nSPS) is 11.5. The van der Waals surface area contributed by atoms with E-state index in [-0.39, 0.29) is 17.9 Å². The Labute approximate surface area is 84.4 Å². The lowest BCUT2D eigenvalue weighted by Gasteiger charge is -2.13. The molecule has 0 saturated heterocycles. The quantitative estimate of drug-likeness (QED) is 0.769. The Morgan fingerprint density at radius 3 is 2.53 bits per heavy atom. The highest BCUT2D eigenvalue weighted by atomic mass is 19.4. The van der Waals surface area contributed by atoms with Crippen molar-refractivity contribution in [3.05, 3.63) is 29.3 Å². The van der Waals surface area contributed by atoms with Crippen molar-refractivity contribution in [2.24, 2.45) is 0 Å². The second-order valence-electron chi connectivity index (χ2n) is 2.86. The third-order valence-corrected chi connectivity index (χ3v) is 1.89. The lowest BCUT2D eigenvalue weighted by molar-refractivity contribution is -0.138. The molecule has 0 fully saturated rings. The molecule has 0 aliphatic rings. The van der Waals surface area contributed by atoms with Crippen LogP contribution in [0.25, 0.3) is 0 Å². The smallest absolute Gasteiger partial charge is 0.416 e. The number of methoxy groups -OCH3 is 1. The molecule has 0 aliphatic heterocycles. The van der Waals surface area contributed by atoms with Crippen molar-refractivity contribution in [3.63, 3.8) is 0 Å². The number of rotatable bonds is 3. The maximum atomic E-state index is 12.5. The van der Waals surface area contributed by atoms with Crippen LogP contribution in [-0.4, -0.2) is 12.3 Å². The highest BCUT2D eigenvalue weighted by Crippen LogP contribution is 2.34. The van der Waals surface area contributed by atoms with Crippen LogP contribution in [0.3, 0.4) is 0 Å². The molecule has 84 valence electrons. The summed E-state index contributed by atoms with van der Waals surface area (Å²) in [4.78, 5) is 0.